The van der Waals surface area contributed by atoms with Crippen LogP contribution in [0.3, 0.4) is 0 Å². The van der Waals surface area contributed by atoms with Crippen molar-refractivity contribution in [2.75, 3.05) is 20.6 Å². The van der Waals surface area contributed by atoms with Crippen LogP contribution in [0.15, 0.2) is 24.3 Å². The Bertz CT molecular complexity index is 717. The van der Waals surface area contributed by atoms with E-state index < -0.39 is 0 Å². The van der Waals surface area contributed by atoms with Crippen molar-refractivity contribution < 1.29 is 4.79 Å². The summed E-state index contributed by atoms with van der Waals surface area (Å²) in [6, 6.07) is 7.60. The molecular formula is C19H26ClN3O. The molecule has 2 rings (SSSR count). The highest BCUT2D eigenvalue weighted by molar-refractivity contribution is 6.30. The van der Waals surface area contributed by atoms with E-state index in [1.54, 1.807) is 0 Å². The van der Waals surface area contributed by atoms with Crippen molar-refractivity contribution in [2.24, 2.45) is 5.73 Å². The quantitative estimate of drug-likeness (QED) is 0.829. The SMILES string of the molecule is CCc1c(-c2ccc(Cl)cc2)c(C(N)=O)c(C)n1CCCN(C)C. The fraction of sp³-hybridized carbons (Fsp3) is 0.421. The number of nitrogens with zero attached hydrogens (tertiary/aromatic N) is 2. The number of carbonyl (C=O) groups excluding carboxylic acids is 1. The van der Waals surface area contributed by atoms with E-state index in [2.05, 4.69) is 30.5 Å². The van der Waals surface area contributed by atoms with Crippen LogP contribution in [0.2, 0.25) is 5.02 Å². The molecule has 0 saturated carbocycles. The lowest BCUT2D eigenvalue weighted by atomic mass is 9.99. The first-order valence-corrected chi connectivity index (χ1v) is 8.67. The van der Waals surface area contributed by atoms with Crippen molar-refractivity contribution in [1.29, 1.82) is 0 Å². The molecule has 0 saturated heterocycles. The van der Waals surface area contributed by atoms with Gasteiger partial charge in [-0.15, -0.1) is 0 Å². The van der Waals surface area contributed by atoms with Crippen molar-refractivity contribution >= 4 is 17.5 Å². The minimum absolute atomic E-state index is 0.376. The van der Waals surface area contributed by atoms with Crippen LogP contribution in [0.25, 0.3) is 11.1 Å². The molecule has 2 aromatic rings. The van der Waals surface area contributed by atoms with Crippen molar-refractivity contribution in [2.45, 2.75) is 33.2 Å². The first-order valence-electron chi connectivity index (χ1n) is 8.29. The van der Waals surface area contributed by atoms with Gasteiger partial charge in [-0.05, 0) is 58.1 Å². The minimum atomic E-state index is -0.376. The van der Waals surface area contributed by atoms with Gasteiger partial charge in [0.05, 0.1) is 5.56 Å². The Morgan fingerprint density at radius 1 is 1.25 bits per heavy atom. The lowest BCUT2D eigenvalue weighted by molar-refractivity contribution is 0.1000. The van der Waals surface area contributed by atoms with Crippen LogP contribution < -0.4 is 5.73 Å². The zero-order valence-corrected chi connectivity index (χ0v) is 15.7. The van der Waals surface area contributed by atoms with E-state index in [4.69, 9.17) is 17.3 Å². The van der Waals surface area contributed by atoms with E-state index >= 15 is 0 Å². The maximum Gasteiger partial charge on any atom is 0.251 e. The molecule has 0 unspecified atom stereocenters. The van der Waals surface area contributed by atoms with Gasteiger partial charge in [0, 0.05) is 28.5 Å². The molecule has 0 bridgehead atoms. The monoisotopic (exact) mass is 347 g/mol. The van der Waals surface area contributed by atoms with Crippen LogP contribution >= 0.6 is 11.6 Å². The number of benzene rings is 1. The minimum Gasteiger partial charge on any atom is -0.366 e. The normalized spacial score (nSPS) is 11.2. The molecule has 0 fully saturated rings. The Labute approximate surface area is 149 Å². The predicted octanol–water partition coefficient (Wildman–Crippen LogP) is 3.73. The average Bonchev–Trinajstić information content (AvgIpc) is 2.80. The van der Waals surface area contributed by atoms with Crippen LogP contribution in [0.4, 0.5) is 0 Å². The smallest absolute Gasteiger partial charge is 0.251 e. The van der Waals surface area contributed by atoms with Crippen LogP contribution in [-0.4, -0.2) is 36.0 Å². The number of halogens is 1. The second-order valence-electron chi connectivity index (χ2n) is 6.32. The molecule has 0 aliphatic carbocycles. The van der Waals surface area contributed by atoms with E-state index in [0.717, 1.165) is 48.4 Å². The molecular weight excluding hydrogens is 322 g/mol. The van der Waals surface area contributed by atoms with Crippen LogP contribution in [0, 0.1) is 6.92 Å². The zero-order chi connectivity index (χ0) is 17.9. The van der Waals surface area contributed by atoms with E-state index in [1.165, 1.54) is 0 Å². The van der Waals surface area contributed by atoms with Crippen molar-refractivity contribution in [3.63, 3.8) is 0 Å². The second-order valence-corrected chi connectivity index (χ2v) is 6.75. The van der Waals surface area contributed by atoms with E-state index in [0.29, 0.717) is 10.6 Å². The number of primary amides is 1. The highest BCUT2D eigenvalue weighted by Gasteiger charge is 2.23. The number of carbonyl (C=O) groups is 1. The summed E-state index contributed by atoms with van der Waals surface area (Å²) < 4.78 is 2.24. The first-order chi connectivity index (χ1) is 11.4. The zero-order valence-electron chi connectivity index (χ0n) is 14.9. The Hall–Kier alpha value is -1.78. The molecule has 1 aromatic carbocycles. The summed E-state index contributed by atoms with van der Waals surface area (Å²) >= 11 is 6.01. The summed E-state index contributed by atoms with van der Waals surface area (Å²) in [6.45, 7) is 5.97. The Kier molecular flexibility index (Phi) is 6.08. The van der Waals surface area contributed by atoms with E-state index in [1.807, 2.05) is 31.2 Å². The predicted molar refractivity (Wildman–Crippen MR) is 101 cm³/mol. The van der Waals surface area contributed by atoms with E-state index in [-0.39, 0.29) is 5.91 Å². The highest BCUT2D eigenvalue weighted by atomic mass is 35.5. The van der Waals surface area contributed by atoms with Crippen molar-refractivity contribution in [3.8, 4) is 11.1 Å². The fourth-order valence-electron chi connectivity index (χ4n) is 3.24. The first kappa shape index (κ1) is 18.6. The summed E-state index contributed by atoms with van der Waals surface area (Å²) in [5, 5.41) is 0.680. The second kappa shape index (κ2) is 7.86. The lowest BCUT2D eigenvalue weighted by Gasteiger charge is -2.14. The Morgan fingerprint density at radius 3 is 2.38 bits per heavy atom. The van der Waals surface area contributed by atoms with Gasteiger partial charge >= 0.3 is 0 Å². The third-order valence-corrected chi connectivity index (χ3v) is 4.58. The molecule has 0 radical (unpaired) electrons. The van der Waals surface area contributed by atoms with Gasteiger partial charge in [0.2, 0.25) is 0 Å². The molecule has 0 spiro atoms. The van der Waals surface area contributed by atoms with Crippen LogP contribution in [0.5, 0.6) is 0 Å². The molecule has 24 heavy (non-hydrogen) atoms. The summed E-state index contributed by atoms with van der Waals surface area (Å²) in [5.74, 6) is -0.376. The third kappa shape index (κ3) is 3.82. The summed E-state index contributed by atoms with van der Waals surface area (Å²) in [6.07, 6.45) is 1.86. The Morgan fingerprint density at radius 2 is 1.88 bits per heavy atom. The molecule has 4 nitrogen and oxygen atoms in total. The summed E-state index contributed by atoms with van der Waals surface area (Å²) in [7, 11) is 4.13. The lowest BCUT2D eigenvalue weighted by Crippen LogP contribution is -2.17. The van der Waals surface area contributed by atoms with Gasteiger partial charge in [-0.2, -0.15) is 0 Å². The fourth-order valence-corrected chi connectivity index (χ4v) is 3.37. The standard InChI is InChI=1S/C19H26ClN3O/c1-5-16-18(14-7-9-15(20)10-8-14)17(19(21)24)13(2)23(16)12-6-11-22(3)4/h7-10H,5-6,11-12H2,1-4H3,(H2,21,24). The molecule has 0 atom stereocenters. The largest absolute Gasteiger partial charge is 0.366 e. The number of hydrogen-bond donors (Lipinski definition) is 1. The molecule has 0 aliphatic rings. The number of hydrogen-bond acceptors (Lipinski definition) is 2. The number of rotatable bonds is 7. The van der Waals surface area contributed by atoms with Gasteiger partial charge in [0.15, 0.2) is 0 Å². The van der Waals surface area contributed by atoms with Gasteiger partial charge in [0.25, 0.3) is 5.91 Å². The highest BCUT2D eigenvalue weighted by Crippen LogP contribution is 2.34. The topological polar surface area (TPSA) is 51.3 Å². The van der Waals surface area contributed by atoms with Gasteiger partial charge in [-0.3, -0.25) is 4.79 Å². The van der Waals surface area contributed by atoms with E-state index in [9.17, 15) is 4.79 Å². The molecule has 5 heteroatoms. The van der Waals surface area contributed by atoms with Crippen molar-refractivity contribution in [3.05, 3.63) is 46.2 Å². The number of nitrogens with two attached hydrogens (primary N) is 1. The van der Waals surface area contributed by atoms with Gasteiger partial charge in [-0.1, -0.05) is 30.7 Å². The van der Waals surface area contributed by atoms with Gasteiger partial charge in [-0.25, -0.2) is 0 Å². The van der Waals surface area contributed by atoms with Gasteiger partial charge < -0.3 is 15.2 Å². The van der Waals surface area contributed by atoms with Gasteiger partial charge in [0.1, 0.15) is 0 Å². The number of aromatic nitrogens is 1. The third-order valence-electron chi connectivity index (χ3n) is 4.33. The maximum atomic E-state index is 12.1. The van der Waals surface area contributed by atoms with Crippen LogP contribution in [0.1, 0.15) is 35.1 Å². The van der Waals surface area contributed by atoms with Crippen molar-refractivity contribution in [1.82, 2.24) is 9.47 Å². The molecule has 1 aromatic heterocycles. The number of amides is 1. The average molecular weight is 348 g/mol. The Balaban J connectivity index is 2.55. The van der Waals surface area contributed by atoms with Crippen LogP contribution in [-0.2, 0) is 13.0 Å². The maximum absolute atomic E-state index is 12.1. The summed E-state index contributed by atoms with van der Waals surface area (Å²) in [4.78, 5) is 14.3. The molecule has 2 N–H and O–H groups in total. The molecule has 1 heterocycles. The molecule has 130 valence electrons. The molecule has 1 amide bonds. The molecule has 0 aliphatic heterocycles. The summed E-state index contributed by atoms with van der Waals surface area (Å²) in [5.41, 5.74) is 10.4.